The van der Waals surface area contributed by atoms with Crippen LogP contribution in [-0.4, -0.2) is 30.6 Å². The average molecular weight is 170 g/mol. The molecule has 1 aliphatic heterocycles. The molecule has 11 heavy (non-hydrogen) atoms. The van der Waals surface area contributed by atoms with Gasteiger partial charge in [0.1, 0.15) is 0 Å². The predicted molar refractivity (Wildman–Crippen MR) is 31.0 cm³/mol. The first-order valence-electron chi connectivity index (χ1n) is 3.34. The Hall–Kier alpha value is -0.290. The molecule has 0 radical (unpaired) electrons. The molecule has 1 unspecified atom stereocenters. The van der Waals surface area contributed by atoms with Gasteiger partial charge in [0.05, 0.1) is 6.61 Å². The molecule has 1 saturated heterocycles. The number of aliphatic hydroxyl groups excluding tert-OH is 1. The van der Waals surface area contributed by atoms with Gasteiger partial charge in [0.2, 0.25) is 0 Å². The van der Waals surface area contributed by atoms with E-state index in [1.165, 1.54) is 0 Å². The average Bonchev–Trinajstić information content (AvgIpc) is 2.34. The Bertz CT molecular complexity index is 128. The highest BCUT2D eigenvalue weighted by Crippen LogP contribution is 2.29. The van der Waals surface area contributed by atoms with Crippen LogP contribution in [0.25, 0.3) is 0 Å². The lowest BCUT2D eigenvalue weighted by molar-refractivity contribution is -0.218. The lowest BCUT2D eigenvalue weighted by Crippen LogP contribution is -2.36. The Labute approximate surface area is 62.0 Å². The fourth-order valence-corrected chi connectivity index (χ4v) is 1.07. The smallest absolute Gasteiger partial charge is 0.383 e. The van der Waals surface area contributed by atoms with E-state index in [1.807, 2.05) is 0 Å². The molecule has 0 saturated carbocycles. The standard InChI is InChI=1S/C6H9F3O2/c7-6(8,9)5(10)4-1-2-11-3-4/h4-5,10H,1-3H2/t4?,5-/m0/s1. The van der Waals surface area contributed by atoms with Gasteiger partial charge in [-0.2, -0.15) is 13.2 Å². The molecule has 1 aliphatic rings. The summed E-state index contributed by atoms with van der Waals surface area (Å²) >= 11 is 0. The molecule has 0 bridgehead atoms. The minimum Gasteiger partial charge on any atom is -0.383 e. The lowest BCUT2D eigenvalue weighted by Gasteiger charge is -2.18. The fraction of sp³-hybridized carbons (Fsp3) is 1.00. The number of hydrogen-bond donors (Lipinski definition) is 1. The van der Waals surface area contributed by atoms with Gasteiger partial charge >= 0.3 is 6.18 Å². The van der Waals surface area contributed by atoms with Crippen LogP contribution < -0.4 is 0 Å². The molecule has 5 heteroatoms. The van der Waals surface area contributed by atoms with Crippen molar-refractivity contribution >= 4 is 0 Å². The third kappa shape index (κ3) is 2.07. The zero-order chi connectivity index (χ0) is 8.48. The SMILES string of the molecule is O[C@@H](C1CCOC1)C(F)(F)F. The molecule has 66 valence electrons. The van der Waals surface area contributed by atoms with Crippen molar-refractivity contribution in [3.8, 4) is 0 Å². The van der Waals surface area contributed by atoms with E-state index >= 15 is 0 Å². The van der Waals surface area contributed by atoms with Gasteiger partial charge in [0.25, 0.3) is 0 Å². The largest absolute Gasteiger partial charge is 0.414 e. The third-order valence-corrected chi connectivity index (χ3v) is 1.75. The van der Waals surface area contributed by atoms with Crippen molar-refractivity contribution in [3.05, 3.63) is 0 Å². The van der Waals surface area contributed by atoms with Crippen LogP contribution in [0.3, 0.4) is 0 Å². The topological polar surface area (TPSA) is 29.5 Å². The number of ether oxygens (including phenoxy) is 1. The first-order valence-corrected chi connectivity index (χ1v) is 3.34. The number of hydrogen-bond acceptors (Lipinski definition) is 2. The summed E-state index contributed by atoms with van der Waals surface area (Å²) in [5, 5.41) is 8.68. The van der Waals surface area contributed by atoms with Crippen LogP contribution in [0.5, 0.6) is 0 Å². The molecular formula is C6H9F3O2. The second kappa shape index (κ2) is 2.98. The molecule has 0 amide bonds. The molecule has 1 fully saturated rings. The van der Waals surface area contributed by atoms with Gasteiger partial charge in [-0.25, -0.2) is 0 Å². The summed E-state index contributed by atoms with van der Waals surface area (Å²) < 4.78 is 40.1. The molecule has 0 aromatic heterocycles. The van der Waals surface area contributed by atoms with Gasteiger partial charge in [-0.05, 0) is 6.42 Å². The van der Waals surface area contributed by atoms with Crippen molar-refractivity contribution in [3.63, 3.8) is 0 Å². The van der Waals surface area contributed by atoms with Crippen molar-refractivity contribution in [1.82, 2.24) is 0 Å². The van der Waals surface area contributed by atoms with Crippen molar-refractivity contribution in [1.29, 1.82) is 0 Å². The van der Waals surface area contributed by atoms with Crippen molar-refractivity contribution in [2.75, 3.05) is 13.2 Å². The molecule has 0 spiro atoms. The Morgan fingerprint density at radius 1 is 1.45 bits per heavy atom. The summed E-state index contributed by atoms with van der Waals surface area (Å²) in [7, 11) is 0. The van der Waals surface area contributed by atoms with Crippen LogP contribution in [0.15, 0.2) is 0 Å². The Morgan fingerprint density at radius 2 is 2.09 bits per heavy atom. The number of halogens is 3. The van der Waals surface area contributed by atoms with Gasteiger partial charge in [-0.3, -0.25) is 0 Å². The zero-order valence-corrected chi connectivity index (χ0v) is 5.77. The van der Waals surface area contributed by atoms with Crippen LogP contribution in [0.1, 0.15) is 6.42 Å². The maximum Gasteiger partial charge on any atom is 0.414 e. The second-order valence-electron chi connectivity index (χ2n) is 2.61. The summed E-state index contributed by atoms with van der Waals surface area (Å²) in [6.45, 7) is 0.332. The summed E-state index contributed by atoms with van der Waals surface area (Å²) in [5.41, 5.74) is 0. The summed E-state index contributed by atoms with van der Waals surface area (Å²) in [6, 6.07) is 0. The van der Waals surface area contributed by atoms with Crippen LogP contribution in [0.4, 0.5) is 13.2 Å². The van der Waals surface area contributed by atoms with Crippen molar-refractivity contribution in [2.24, 2.45) is 5.92 Å². The van der Waals surface area contributed by atoms with Gasteiger partial charge in [-0.15, -0.1) is 0 Å². The van der Waals surface area contributed by atoms with Gasteiger partial charge in [-0.1, -0.05) is 0 Å². The second-order valence-corrected chi connectivity index (χ2v) is 2.61. The Balaban J connectivity index is 2.46. The number of aliphatic hydroxyl groups is 1. The number of rotatable bonds is 1. The zero-order valence-electron chi connectivity index (χ0n) is 5.77. The minimum absolute atomic E-state index is 0.0146. The van der Waals surface area contributed by atoms with E-state index in [1.54, 1.807) is 0 Å². The molecule has 1 N–H and O–H groups in total. The monoisotopic (exact) mass is 170 g/mol. The number of alkyl halides is 3. The highest BCUT2D eigenvalue weighted by molar-refractivity contribution is 4.77. The summed E-state index contributed by atoms with van der Waals surface area (Å²) in [6.07, 6.45) is -6.43. The third-order valence-electron chi connectivity index (χ3n) is 1.75. The highest BCUT2D eigenvalue weighted by atomic mass is 19.4. The summed E-state index contributed by atoms with van der Waals surface area (Å²) in [5.74, 6) is -0.769. The normalized spacial score (nSPS) is 28.9. The van der Waals surface area contributed by atoms with Crippen molar-refractivity contribution in [2.45, 2.75) is 18.7 Å². The van der Waals surface area contributed by atoms with Gasteiger partial charge < -0.3 is 9.84 Å². The lowest BCUT2D eigenvalue weighted by atomic mass is 10.0. The molecule has 0 aliphatic carbocycles. The molecule has 2 atom stereocenters. The van der Waals surface area contributed by atoms with Crippen LogP contribution in [0, 0.1) is 5.92 Å². The molecule has 2 nitrogen and oxygen atoms in total. The maximum atomic E-state index is 11.8. The van der Waals surface area contributed by atoms with Crippen molar-refractivity contribution < 1.29 is 23.0 Å². The van der Waals surface area contributed by atoms with Crippen LogP contribution in [0.2, 0.25) is 0 Å². The predicted octanol–water partition coefficient (Wildman–Crippen LogP) is 0.946. The van der Waals surface area contributed by atoms with Gasteiger partial charge in [0.15, 0.2) is 6.10 Å². The molecule has 0 aromatic carbocycles. The van der Waals surface area contributed by atoms with E-state index in [2.05, 4.69) is 0 Å². The van der Waals surface area contributed by atoms with E-state index < -0.39 is 18.2 Å². The molecule has 1 rings (SSSR count). The first kappa shape index (κ1) is 8.80. The van der Waals surface area contributed by atoms with Crippen LogP contribution in [-0.2, 0) is 4.74 Å². The molecule has 1 heterocycles. The van der Waals surface area contributed by atoms with E-state index in [0.717, 1.165) is 0 Å². The Morgan fingerprint density at radius 3 is 2.45 bits per heavy atom. The van der Waals surface area contributed by atoms with E-state index in [9.17, 15) is 13.2 Å². The minimum atomic E-state index is -4.50. The molecule has 0 aromatic rings. The highest BCUT2D eigenvalue weighted by Gasteiger charge is 2.44. The van der Waals surface area contributed by atoms with E-state index in [-0.39, 0.29) is 6.61 Å². The van der Waals surface area contributed by atoms with Crippen LogP contribution >= 0.6 is 0 Å². The Kier molecular flexibility index (Phi) is 2.39. The molecular weight excluding hydrogens is 161 g/mol. The van der Waals surface area contributed by atoms with E-state index in [4.69, 9.17) is 9.84 Å². The van der Waals surface area contributed by atoms with E-state index in [0.29, 0.717) is 13.0 Å². The van der Waals surface area contributed by atoms with Gasteiger partial charge in [0, 0.05) is 12.5 Å². The quantitative estimate of drug-likeness (QED) is 0.634. The first-order chi connectivity index (χ1) is 5.02. The maximum absolute atomic E-state index is 11.8. The fourth-order valence-electron chi connectivity index (χ4n) is 1.07. The summed E-state index contributed by atoms with van der Waals surface area (Å²) in [4.78, 5) is 0.